The van der Waals surface area contributed by atoms with Crippen molar-refractivity contribution in [1.82, 2.24) is 14.9 Å². The van der Waals surface area contributed by atoms with Gasteiger partial charge in [0.2, 0.25) is 21.9 Å². The molecule has 1 aliphatic heterocycles. The minimum absolute atomic E-state index is 0.0248. The molecule has 0 radical (unpaired) electrons. The molecular weight excluding hydrogens is 399 g/mol. The number of aromatic nitrogens is 2. The second-order valence-electron chi connectivity index (χ2n) is 7.49. The Kier molecular flexibility index (Phi) is 4.46. The number of hydrogen-bond acceptors (Lipinski definition) is 7. The molecular formula is C18H21FN6O3S. The Morgan fingerprint density at radius 3 is 2.52 bits per heavy atom. The molecule has 2 aromatic rings. The van der Waals surface area contributed by atoms with Crippen LogP contribution < -0.4 is 15.4 Å². The van der Waals surface area contributed by atoms with Gasteiger partial charge in [-0.25, -0.2) is 22.9 Å². The van der Waals surface area contributed by atoms with Gasteiger partial charge in [0.25, 0.3) is 0 Å². The predicted octanol–water partition coefficient (Wildman–Crippen LogP) is 1.21. The first-order chi connectivity index (χ1) is 13.6. The summed E-state index contributed by atoms with van der Waals surface area (Å²) in [7, 11) is -2.00. The Morgan fingerprint density at radius 1 is 1.28 bits per heavy atom. The van der Waals surface area contributed by atoms with Gasteiger partial charge in [-0.15, -0.1) is 0 Å². The first-order valence-electron chi connectivity index (χ1n) is 9.07. The molecule has 1 aliphatic carbocycles. The van der Waals surface area contributed by atoms with E-state index in [1.54, 1.807) is 23.8 Å². The molecule has 0 bridgehead atoms. The molecule has 1 atom stereocenters. The standard InChI is InChI=1S/C18H21FN6O3S/c1-11-16(26)24(2)18(7-8-18)10-25(11)15-14(19)9-21-17(23-15)22-12-3-5-13(6-4-12)29(20,27)28/h3-6,9,11H,7-8,10H2,1-2H3,(H2,20,27,28)(H,21,22,23)/t11-/m0/s1. The third-order valence-corrected chi connectivity index (χ3v) is 6.52. The molecule has 1 spiro atoms. The summed E-state index contributed by atoms with van der Waals surface area (Å²) < 4.78 is 37.3. The summed E-state index contributed by atoms with van der Waals surface area (Å²) in [6.45, 7) is 2.24. The molecule has 1 aromatic heterocycles. The van der Waals surface area contributed by atoms with Gasteiger partial charge < -0.3 is 15.1 Å². The van der Waals surface area contributed by atoms with Gasteiger partial charge in [-0.05, 0) is 44.0 Å². The maximum Gasteiger partial charge on any atom is 0.245 e. The number of amides is 1. The van der Waals surface area contributed by atoms with E-state index in [0.717, 1.165) is 19.0 Å². The Hall–Kier alpha value is -2.79. The number of carbonyl (C=O) groups excluding carboxylic acids is 1. The van der Waals surface area contributed by atoms with E-state index in [0.29, 0.717) is 12.2 Å². The van der Waals surface area contributed by atoms with Crippen molar-refractivity contribution >= 4 is 33.4 Å². The first-order valence-corrected chi connectivity index (χ1v) is 10.6. The molecule has 1 aromatic carbocycles. The third kappa shape index (κ3) is 3.51. The van der Waals surface area contributed by atoms with E-state index in [2.05, 4.69) is 15.3 Å². The number of piperazine rings is 1. The lowest BCUT2D eigenvalue weighted by atomic mass is 10.1. The van der Waals surface area contributed by atoms with E-state index >= 15 is 0 Å². The van der Waals surface area contributed by atoms with E-state index in [1.807, 2.05) is 0 Å². The highest BCUT2D eigenvalue weighted by atomic mass is 32.2. The van der Waals surface area contributed by atoms with Crippen molar-refractivity contribution in [1.29, 1.82) is 0 Å². The van der Waals surface area contributed by atoms with E-state index < -0.39 is 21.9 Å². The molecule has 1 saturated carbocycles. The maximum absolute atomic E-state index is 14.5. The van der Waals surface area contributed by atoms with Crippen molar-refractivity contribution in [3.05, 3.63) is 36.3 Å². The highest BCUT2D eigenvalue weighted by Gasteiger charge is 2.55. The molecule has 0 unspecified atom stereocenters. The number of anilines is 3. The van der Waals surface area contributed by atoms with Crippen LogP contribution in [-0.4, -0.2) is 54.4 Å². The number of benzene rings is 1. The summed E-state index contributed by atoms with van der Waals surface area (Å²) in [5.41, 5.74) is 0.258. The van der Waals surface area contributed by atoms with Crippen molar-refractivity contribution < 1.29 is 17.6 Å². The van der Waals surface area contributed by atoms with E-state index in [-0.39, 0.29) is 28.1 Å². The van der Waals surface area contributed by atoms with Crippen LogP contribution in [0.3, 0.4) is 0 Å². The fraction of sp³-hybridized carbons (Fsp3) is 0.389. The molecule has 1 saturated heterocycles. The van der Waals surface area contributed by atoms with Gasteiger partial charge >= 0.3 is 0 Å². The molecule has 11 heteroatoms. The zero-order chi connectivity index (χ0) is 21.0. The number of carbonyl (C=O) groups is 1. The maximum atomic E-state index is 14.5. The summed E-state index contributed by atoms with van der Waals surface area (Å²) >= 11 is 0. The summed E-state index contributed by atoms with van der Waals surface area (Å²) in [5.74, 6) is -0.489. The highest BCUT2D eigenvalue weighted by molar-refractivity contribution is 7.89. The molecule has 2 fully saturated rings. The van der Waals surface area contributed by atoms with Crippen LogP contribution in [0.1, 0.15) is 19.8 Å². The van der Waals surface area contributed by atoms with Crippen LogP contribution >= 0.6 is 0 Å². The number of nitrogens with zero attached hydrogens (tertiary/aromatic N) is 4. The van der Waals surface area contributed by atoms with Gasteiger partial charge in [-0.2, -0.15) is 4.98 Å². The predicted molar refractivity (Wildman–Crippen MR) is 105 cm³/mol. The summed E-state index contributed by atoms with van der Waals surface area (Å²) in [4.78, 5) is 24.3. The number of primary sulfonamides is 1. The summed E-state index contributed by atoms with van der Waals surface area (Å²) in [6, 6.07) is 5.17. The molecule has 2 heterocycles. The minimum Gasteiger partial charge on any atom is -0.340 e. The lowest BCUT2D eigenvalue weighted by Crippen LogP contribution is -2.61. The Bertz CT molecular complexity index is 1070. The lowest BCUT2D eigenvalue weighted by molar-refractivity contribution is -0.136. The van der Waals surface area contributed by atoms with Crippen molar-refractivity contribution in [3.8, 4) is 0 Å². The fourth-order valence-electron chi connectivity index (χ4n) is 3.58. The molecule has 9 nitrogen and oxygen atoms in total. The minimum atomic E-state index is -3.79. The molecule has 154 valence electrons. The number of nitrogens with one attached hydrogen (secondary N) is 1. The number of halogens is 1. The number of nitrogens with two attached hydrogens (primary N) is 1. The zero-order valence-electron chi connectivity index (χ0n) is 16.0. The average molecular weight is 420 g/mol. The molecule has 2 aliphatic rings. The van der Waals surface area contributed by atoms with Gasteiger partial charge in [0, 0.05) is 19.3 Å². The largest absolute Gasteiger partial charge is 0.340 e. The van der Waals surface area contributed by atoms with Gasteiger partial charge in [-0.3, -0.25) is 4.79 Å². The van der Waals surface area contributed by atoms with Crippen LogP contribution in [0.15, 0.2) is 35.4 Å². The van der Waals surface area contributed by atoms with Crippen molar-refractivity contribution in [3.63, 3.8) is 0 Å². The number of likely N-dealkylation sites (N-methyl/N-ethyl adjacent to an activating group) is 1. The second kappa shape index (κ2) is 6.63. The Morgan fingerprint density at radius 2 is 1.93 bits per heavy atom. The second-order valence-corrected chi connectivity index (χ2v) is 9.05. The van der Waals surface area contributed by atoms with E-state index in [1.165, 1.54) is 24.3 Å². The normalized spacial score (nSPS) is 20.8. The van der Waals surface area contributed by atoms with Crippen molar-refractivity contribution in [2.75, 3.05) is 23.8 Å². The smallest absolute Gasteiger partial charge is 0.245 e. The van der Waals surface area contributed by atoms with Gasteiger partial charge in [0.05, 0.1) is 16.6 Å². The van der Waals surface area contributed by atoms with E-state index in [4.69, 9.17) is 5.14 Å². The van der Waals surface area contributed by atoms with Crippen LogP contribution in [-0.2, 0) is 14.8 Å². The van der Waals surface area contributed by atoms with Gasteiger partial charge in [-0.1, -0.05) is 0 Å². The molecule has 4 rings (SSSR count). The Labute approximate surface area is 167 Å². The topological polar surface area (TPSA) is 122 Å². The van der Waals surface area contributed by atoms with Crippen molar-refractivity contribution in [2.45, 2.75) is 36.2 Å². The third-order valence-electron chi connectivity index (χ3n) is 5.60. The Balaban J connectivity index is 1.60. The van der Waals surface area contributed by atoms with Crippen molar-refractivity contribution in [2.24, 2.45) is 5.14 Å². The van der Waals surface area contributed by atoms with Crippen LogP contribution in [0.25, 0.3) is 0 Å². The van der Waals surface area contributed by atoms with E-state index in [9.17, 15) is 17.6 Å². The first kappa shape index (κ1) is 19.5. The SMILES string of the molecule is C[C@H]1C(=O)N(C)C2(CC2)CN1c1nc(Nc2ccc(S(N)(=O)=O)cc2)ncc1F. The molecule has 3 N–H and O–H groups in total. The number of sulfonamides is 1. The average Bonchev–Trinajstić information content (AvgIpc) is 3.45. The van der Waals surface area contributed by atoms with Crippen LogP contribution in [0.4, 0.5) is 21.8 Å². The van der Waals surface area contributed by atoms with Crippen LogP contribution in [0.5, 0.6) is 0 Å². The van der Waals surface area contributed by atoms with Crippen LogP contribution in [0, 0.1) is 5.82 Å². The zero-order valence-corrected chi connectivity index (χ0v) is 16.8. The highest BCUT2D eigenvalue weighted by Crippen LogP contribution is 2.45. The van der Waals surface area contributed by atoms with Gasteiger partial charge in [0.15, 0.2) is 11.6 Å². The summed E-state index contributed by atoms with van der Waals surface area (Å²) in [5, 5.41) is 8.00. The quantitative estimate of drug-likeness (QED) is 0.762. The van der Waals surface area contributed by atoms with Crippen LogP contribution in [0.2, 0.25) is 0 Å². The number of hydrogen-bond donors (Lipinski definition) is 2. The lowest BCUT2D eigenvalue weighted by Gasteiger charge is -2.44. The summed E-state index contributed by atoms with van der Waals surface area (Å²) in [6.07, 6.45) is 2.82. The monoisotopic (exact) mass is 420 g/mol. The molecule has 29 heavy (non-hydrogen) atoms. The fourth-order valence-corrected chi connectivity index (χ4v) is 4.10. The number of rotatable bonds is 4. The van der Waals surface area contributed by atoms with Gasteiger partial charge in [0.1, 0.15) is 6.04 Å². The molecule has 1 amide bonds.